The summed E-state index contributed by atoms with van der Waals surface area (Å²) in [7, 11) is 0. The molecule has 2 fully saturated rings. The molecule has 2 aliphatic rings. The maximum Gasteiger partial charge on any atom is 0.235 e. The minimum Gasteiger partial charge on any atom is -0.392 e. The van der Waals surface area contributed by atoms with Gasteiger partial charge in [0.1, 0.15) is 0 Å². The summed E-state index contributed by atoms with van der Waals surface area (Å²) in [4.78, 5) is 15.3. The molecule has 1 amide bonds. The number of thiocarbonyl (C=S) groups is 1. The third-order valence-electron chi connectivity index (χ3n) is 4.86. The Labute approximate surface area is 121 Å². The number of likely N-dealkylation sites (tertiary alicyclic amines) is 1. The monoisotopic (exact) mass is 282 g/mol. The molecular weight excluding hydrogens is 256 g/mol. The lowest BCUT2D eigenvalue weighted by Gasteiger charge is -2.37. The van der Waals surface area contributed by atoms with Crippen molar-refractivity contribution in [3.8, 4) is 0 Å². The van der Waals surface area contributed by atoms with Gasteiger partial charge in [-0.25, -0.2) is 0 Å². The van der Waals surface area contributed by atoms with E-state index < -0.39 is 5.41 Å². The van der Waals surface area contributed by atoms with Crippen LogP contribution in [0.3, 0.4) is 0 Å². The fourth-order valence-corrected chi connectivity index (χ4v) is 3.98. The normalized spacial score (nSPS) is 26.4. The van der Waals surface area contributed by atoms with Crippen LogP contribution < -0.4 is 5.73 Å². The van der Waals surface area contributed by atoms with Crippen molar-refractivity contribution in [3.05, 3.63) is 0 Å². The minimum atomic E-state index is -0.519. The maximum atomic E-state index is 12.9. The number of nitrogens with two attached hydrogens (primary N) is 1. The lowest BCUT2D eigenvalue weighted by molar-refractivity contribution is -0.138. The van der Waals surface area contributed by atoms with Gasteiger partial charge >= 0.3 is 0 Å². The van der Waals surface area contributed by atoms with Gasteiger partial charge in [0.05, 0.1) is 10.4 Å². The van der Waals surface area contributed by atoms with E-state index in [1.807, 2.05) is 4.90 Å². The molecule has 2 N–H and O–H groups in total. The van der Waals surface area contributed by atoms with Crippen molar-refractivity contribution in [2.75, 3.05) is 13.1 Å². The van der Waals surface area contributed by atoms with E-state index >= 15 is 0 Å². The van der Waals surface area contributed by atoms with Gasteiger partial charge in [-0.1, -0.05) is 44.8 Å². The van der Waals surface area contributed by atoms with Crippen molar-refractivity contribution in [1.82, 2.24) is 4.90 Å². The van der Waals surface area contributed by atoms with Crippen LogP contribution in [-0.4, -0.2) is 28.9 Å². The summed E-state index contributed by atoms with van der Waals surface area (Å²) in [5.74, 6) is 0.902. The second-order valence-corrected chi connectivity index (χ2v) is 6.64. The molecule has 1 saturated carbocycles. The number of carbonyl (C=O) groups is 1. The van der Waals surface area contributed by atoms with Crippen molar-refractivity contribution in [2.24, 2.45) is 17.1 Å². The maximum absolute atomic E-state index is 12.9. The molecule has 0 aromatic rings. The van der Waals surface area contributed by atoms with Gasteiger partial charge in [0, 0.05) is 13.1 Å². The Morgan fingerprint density at radius 2 is 2.05 bits per heavy atom. The van der Waals surface area contributed by atoms with Crippen LogP contribution in [0.25, 0.3) is 0 Å². The molecule has 0 bridgehead atoms. The number of hydrogen-bond acceptors (Lipinski definition) is 2. The molecule has 1 aliphatic carbocycles. The predicted octanol–water partition coefficient (Wildman–Crippen LogP) is 2.87. The van der Waals surface area contributed by atoms with Gasteiger partial charge in [-0.15, -0.1) is 0 Å². The second kappa shape index (κ2) is 6.21. The largest absolute Gasteiger partial charge is 0.392 e. The Bertz CT molecular complexity index is 350. The minimum absolute atomic E-state index is 0.221. The lowest BCUT2D eigenvalue weighted by Crippen LogP contribution is -2.51. The average molecular weight is 282 g/mol. The SMILES string of the molecule is CCCC1CCN(C(=O)C2(C(N)=S)CCCCC2)C1. The summed E-state index contributed by atoms with van der Waals surface area (Å²) in [6.45, 7) is 4.02. The van der Waals surface area contributed by atoms with Crippen molar-refractivity contribution in [2.45, 2.75) is 58.3 Å². The van der Waals surface area contributed by atoms with Gasteiger partial charge in [-0.2, -0.15) is 0 Å². The lowest BCUT2D eigenvalue weighted by atomic mass is 9.73. The highest BCUT2D eigenvalue weighted by Crippen LogP contribution is 2.39. The summed E-state index contributed by atoms with van der Waals surface area (Å²) in [6.07, 6.45) is 8.65. The van der Waals surface area contributed by atoms with E-state index in [4.69, 9.17) is 18.0 Å². The topological polar surface area (TPSA) is 46.3 Å². The van der Waals surface area contributed by atoms with E-state index in [1.165, 1.54) is 19.3 Å². The fourth-order valence-electron chi connectivity index (χ4n) is 3.68. The standard InChI is InChI=1S/C15H26N2OS/c1-2-6-12-7-10-17(11-12)14(18)15(13(16)19)8-4-3-5-9-15/h12H,2-11H2,1H3,(H2,16,19). The fraction of sp³-hybridized carbons (Fsp3) is 0.867. The molecule has 1 unspecified atom stereocenters. The van der Waals surface area contributed by atoms with Gasteiger partial charge < -0.3 is 10.6 Å². The summed E-state index contributed by atoms with van der Waals surface area (Å²) in [5, 5.41) is 0. The molecule has 1 saturated heterocycles. The number of nitrogens with zero attached hydrogens (tertiary/aromatic N) is 1. The van der Waals surface area contributed by atoms with E-state index in [-0.39, 0.29) is 5.91 Å². The van der Waals surface area contributed by atoms with Crippen LogP contribution in [-0.2, 0) is 4.79 Å². The first-order chi connectivity index (χ1) is 9.10. The highest BCUT2D eigenvalue weighted by Gasteiger charge is 2.45. The number of rotatable bonds is 4. The molecule has 1 heterocycles. The zero-order chi connectivity index (χ0) is 13.9. The Kier molecular flexibility index (Phi) is 4.82. The van der Waals surface area contributed by atoms with Crippen LogP contribution in [0.2, 0.25) is 0 Å². The molecule has 19 heavy (non-hydrogen) atoms. The zero-order valence-corrected chi connectivity index (χ0v) is 12.8. The molecule has 0 spiro atoms. The van der Waals surface area contributed by atoms with E-state index in [0.717, 1.165) is 45.2 Å². The molecular formula is C15H26N2OS. The van der Waals surface area contributed by atoms with Crippen LogP contribution in [0.15, 0.2) is 0 Å². The molecule has 1 aliphatic heterocycles. The Hall–Kier alpha value is -0.640. The molecule has 0 aromatic carbocycles. The second-order valence-electron chi connectivity index (χ2n) is 6.20. The van der Waals surface area contributed by atoms with Crippen LogP contribution in [0, 0.1) is 11.3 Å². The first-order valence-corrected chi connectivity index (χ1v) is 8.10. The van der Waals surface area contributed by atoms with Crippen LogP contribution in [0.1, 0.15) is 58.3 Å². The van der Waals surface area contributed by atoms with Gasteiger partial charge in [0.15, 0.2) is 0 Å². The summed E-state index contributed by atoms with van der Waals surface area (Å²) in [5.41, 5.74) is 5.43. The van der Waals surface area contributed by atoms with E-state index in [2.05, 4.69) is 6.92 Å². The number of amides is 1. The highest BCUT2D eigenvalue weighted by molar-refractivity contribution is 7.80. The molecule has 3 nitrogen and oxygen atoms in total. The zero-order valence-electron chi connectivity index (χ0n) is 12.0. The van der Waals surface area contributed by atoms with Gasteiger partial charge in [-0.05, 0) is 31.6 Å². The van der Waals surface area contributed by atoms with Crippen molar-refractivity contribution in [1.29, 1.82) is 0 Å². The van der Waals surface area contributed by atoms with Gasteiger partial charge in [-0.3, -0.25) is 4.79 Å². The van der Waals surface area contributed by atoms with Crippen LogP contribution >= 0.6 is 12.2 Å². The smallest absolute Gasteiger partial charge is 0.235 e. The Morgan fingerprint density at radius 1 is 1.37 bits per heavy atom. The van der Waals surface area contributed by atoms with Crippen molar-refractivity contribution < 1.29 is 4.79 Å². The molecule has 1 atom stereocenters. The van der Waals surface area contributed by atoms with Crippen LogP contribution in [0.5, 0.6) is 0 Å². The molecule has 0 radical (unpaired) electrons. The number of hydrogen-bond donors (Lipinski definition) is 1. The van der Waals surface area contributed by atoms with Gasteiger partial charge in [0.2, 0.25) is 5.91 Å². The number of carbonyl (C=O) groups excluding carboxylic acids is 1. The summed E-state index contributed by atoms with van der Waals surface area (Å²) >= 11 is 5.25. The highest BCUT2D eigenvalue weighted by atomic mass is 32.1. The van der Waals surface area contributed by atoms with Crippen molar-refractivity contribution in [3.63, 3.8) is 0 Å². The summed E-state index contributed by atoms with van der Waals surface area (Å²) < 4.78 is 0. The van der Waals surface area contributed by atoms with Crippen molar-refractivity contribution >= 4 is 23.1 Å². The predicted molar refractivity (Wildman–Crippen MR) is 81.9 cm³/mol. The Morgan fingerprint density at radius 3 is 2.63 bits per heavy atom. The molecule has 0 aromatic heterocycles. The average Bonchev–Trinajstić information content (AvgIpc) is 2.87. The van der Waals surface area contributed by atoms with Gasteiger partial charge in [0.25, 0.3) is 0 Å². The molecule has 2 rings (SSSR count). The van der Waals surface area contributed by atoms with E-state index in [1.54, 1.807) is 0 Å². The summed E-state index contributed by atoms with van der Waals surface area (Å²) in [6, 6.07) is 0. The quantitative estimate of drug-likeness (QED) is 0.807. The third kappa shape index (κ3) is 2.93. The molecule has 108 valence electrons. The first kappa shape index (κ1) is 14.8. The first-order valence-electron chi connectivity index (χ1n) is 7.69. The molecule has 4 heteroatoms. The Balaban J connectivity index is 2.06. The van der Waals surface area contributed by atoms with Crippen LogP contribution in [0.4, 0.5) is 0 Å². The van der Waals surface area contributed by atoms with E-state index in [9.17, 15) is 4.79 Å². The van der Waals surface area contributed by atoms with E-state index in [0.29, 0.717) is 10.9 Å². The third-order valence-corrected chi connectivity index (χ3v) is 5.25.